The molecule has 1 fully saturated rings. The number of amides is 1. The second kappa shape index (κ2) is 7.59. The van der Waals surface area contributed by atoms with Gasteiger partial charge in [-0.1, -0.05) is 29.8 Å². The summed E-state index contributed by atoms with van der Waals surface area (Å²) in [6, 6.07) is 7.51. The molecular weight excluding hydrogens is 330 g/mol. The van der Waals surface area contributed by atoms with Gasteiger partial charge in [0.25, 0.3) is 5.91 Å². The lowest BCUT2D eigenvalue weighted by Crippen LogP contribution is -2.42. The second-order valence-corrected chi connectivity index (χ2v) is 5.71. The third-order valence-corrected chi connectivity index (χ3v) is 4.09. The van der Waals surface area contributed by atoms with Crippen LogP contribution in [0, 0.1) is 0 Å². The first-order valence-electron chi connectivity index (χ1n) is 7.79. The van der Waals surface area contributed by atoms with Gasteiger partial charge in [-0.05, 0) is 13.0 Å². The van der Waals surface area contributed by atoms with Gasteiger partial charge in [0.2, 0.25) is 5.88 Å². The molecule has 1 unspecified atom stereocenters. The normalized spacial score (nSPS) is 17.6. The van der Waals surface area contributed by atoms with Crippen LogP contribution in [-0.2, 0) is 4.74 Å². The molecule has 1 aliphatic rings. The van der Waals surface area contributed by atoms with Gasteiger partial charge in [-0.3, -0.25) is 4.79 Å². The van der Waals surface area contributed by atoms with E-state index in [-0.39, 0.29) is 12.0 Å². The number of benzene rings is 1. The van der Waals surface area contributed by atoms with E-state index in [4.69, 9.17) is 21.1 Å². The smallest absolute Gasteiger partial charge is 0.274 e. The first-order valence-corrected chi connectivity index (χ1v) is 8.17. The summed E-state index contributed by atoms with van der Waals surface area (Å²) in [5.41, 5.74) is 1.17. The highest BCUT2D eigenvalue weighted by Gasteiger charge is 2.28. The van der Waals surface area contributed by atoms with Gasteiger partial charge in [-0.25, -0.2) is 9.97 Å². The van der Waals surface area contributed by atoms with Gasteiger partial charge in [0.1, 0.15) is 11.8 Å². The lowest BCUT2D eigenvalue weighted by molar-refractivity contribution is -0.0229. The Balaban J connectivity index is 1.72. The van der Waals surface area contributed by atoms with Gasteiger partial charge < -0.3 is 14.4 Å². The molecule has 24 heavy (non-hydrogen) atoms. The van der Waals surface area contributed by atoms with Crippen LogP contribution < -0.4 is 4.74 Å². The number of hydrogen-bond donors (Lipinski definition) is 0. The molecule has 0 spiro atoms. The van der Waals surface area contributed by atoms with Crippen molar-refractivity contribution in [3.8, 4) is 5.88 Å². The quantitative estimate of drug-likeness (QED) is 0.850. The molecule has 0 N–H and O–H groups in total. The number of nitrogens with zero attached hydrogens (tertiary/aromatic N) is 3. The average molecular weight is 348 g/mol. The molecule has 1 amide bonds. The summed E-state index contributed by atoms with van der Waals surface area (Å²) >= 11 is 6.23. The van der Waals surface area contributed by atoms with Crippen molar-refractivity contribution < 1.29 is 14.3 Å². The van der Waals surface area contributed by atoms with Crippen molar-refractivity contribution in [2.24, 2.45) is 0 Å². The highest BCUT2D eigenvalue weighted by Crippen LogP contribution is 2.28. The van der Waals surface area contributed by atoms with E-state index in [2.05, 4.69) is 9.97 Å². The van der Waals surface area contributed by atoms with Gasteiger partial charge >= 0.3 is 0 Å². The summed E-state index contributed by atoms with van der Waals surface area (Å²) in [4.78, 5) is 22.6. The van der Waals surface area contributed by atoms with Crippen LogP contribution in [0.3, 0.4) is 0 Å². The monoisotopic (exact) mass is 347 g/mol. The first kappa shape index (κ1) is 16.7. The number of halogens is 1. The fourth-order valence-electron chi connectivity index (χ4n) is 2.57. The Morgan fingerprint density at radius 1 is 1.38 bits per heavy atom. The number of hydrogen-bond acceptors (Lipinski definition) is 5. The Morgan fingerprint density at radius 2 is 2.21 bits per heavy atom. The van der Waals surface area contributed by atoms with E-state index in [1.807, 2.05) is 31.2 Å². The van der Waals surface area contributed by atoms with Crippen LogP contribution in [0.25, 0.3) is 0 Å². The Morgan fingerprint density at radius 3 is 2.92 bits per heavy atom. The van der Waals surface area contributed by atoms with Crippen molar-refractivity contribution in [2.45, 2.75) is 13.0 Å². The molecular formula is C17H18ClN3O3. The highest BCUT2D eigenvalue weighted by molar-refractivity contribution is 6.31. The number of ether oxygens (including phenoxy) is 2. The SMILES string of the molecule is CCOc1cnc(C(=O)N2CCOC(c3ccccc3Cl)C2)cn1. The summed E-state index contributed by atoms with van der Waals surface area (Å²) < 4.78 is 11.0. The molecule has 0 aliphatic carbocycles. The molecule has 0 radical (unpaired) electrons. The van der Waals surface area contributed by atoms with Gasteiger partial charge in [0.15, 0.2) is 0 Å². The summed E-state index contributed by atoms with van der Waals surface area (Å²) in [5.74, 6) is 0.232. The van der Waals surface area contributed by atoms with Gasteiger partial charge in [-0.15, -0.1) is 0 Å². The highest BCUT2D eigenvalue weighted by atomic mass is 35.5. The molecule has 1 aromatic carbocycles. The van der Waals surface area contributed by atoms with Crippen molar-refractivity contribution in [1.82, 2.24) is 14.9 Å². The van der Waals surface area contributed by atoms with Crippen molar-refractivity contribution in [1.29, 1.82) is 0 Å². The summed E-state index contributed by atoms with van der Waals surface area (Å²) in [6.45, 7) is 3.76. The maximum absolute atomic E-state index is 12.6. The van der Waals surface area contributed by atoms with Crippen LogP contribution in [0.1, 0.15) is 29.1 Å². The van der Waals surface area contributed by atoms with Crippen LogP contribution in [0.2, 0.25) is 5.02 Å². The standard InChI is InChI=1S/C17H18ClN3O3/c1-2-23-16-10-19-14(9-20-16)17(22)21-7-8-24-15(11-21)12-5-3-4-6-13(12)18/h3-6,9-10,15H,2,7-8,11H2,1H3. The molecule has 2 heterocycles. The van der Waals surface area contributed by atoms with Gasteiger partial charge in [0, 0.05) is 17.1 Å². The minimum Gasteiger partial charge on any atom is -0.477 e. The fourth-order valence-corrected chi connectivity index (χ4v) is 2.83. The van der Waals surface area contributed by atoms with E-state index in [9.17, 15) is 4.79 Å². The molecule has 1 aliphatic heterocycles. The van der Waals surface area contributed by atoms with Gasteiger partial charge in [-0.2, -0.15) is 0 Å². The van der Waals surface area contributed by atoms with Crippen LogP contribution in [0.15, 0.2) is 36.7 Å². The Kier molecular flexibility index (Phi) is 5.27. The summed E-state index contributed by atoms with van der Waals surface area (Å²) in [6.07, 6.45) is 2.66. The first-order chi connectivity index (χ1) is 11.7. The molecule has 0 saturated carbocycles. The molecule has 2 aromatic rings. The third kappa shape index (κ3) is 3.66. The lowest BCUT2D eigenvalue weighted by Gasteiger charge is -2.33. The van der Waals surface area contributed by atoms with E-state index in [1.165, 1.54) is 12.4 Å². The van der Waals surface area contributed by atoms with E-state index < -0.39 is 0 Å². The molecule has 1 aromatic heterocycles. The van der Waals surface area contributed by atoms with Crippen molar-refractivity contribution in [3.63, 3.8) is 0 Å². The number of rotatable bonds is 4. The van der Waals surface area contributed by atoms with Crippen molar-refractivity contribution in [2.75, 3.05) is 26.3 Å². The molecule has 0 bridgehead atoms. The van der Waals surface area contributed by atoms with E-state index in [1.54, 1.807) is 4.90 Å². The maximum atomic E-state index is 12.6. The lowest BCUT2D eigenvalue weighted by atomic mass is 10.1. The topological polar surface area (TPSA) is 64.5 Å². The van der Waals surface area contributed by atoms with Crippen LogP contribution >= 0.6 is 11.6 Å². The van der Waals surface area contributed by atoms with Crippen LogP contribution in [-0.4, -0.2) is 47.1 Å². The number of carbonyl (C=O) groups is 1. The van der Waals surface area contributed by atoms with E-state index >= 15 is 0 Å². The maximum Gasteiger partial charge on any atom is 0.274 e. The minimum absolute atomic E-state index is 0.175. The number of carbonyl (C=O) groups excluding carboxylic acids is 1. The number of morpholine rings is 1. The molecule has 6 nitrogen and oxygen atoms in total. The zero-order valence-electron chi connectivity index (χ0n) is 13.3. The summed E-state index contributed by atoms with van der Waals surface area (Å²) in [7, 11) is 0. The fraction of sp³-hybridized carbons (Fsp3) is 0.353. The molecule has 7 heteroatoms. The van der Waals surface area contributed by atoms with Crippen LogP contribution in [0.5, 0.6) is 5.88 Å². The van der Waals surface area contributed by atoms with E-state index in [0.717, 1.165) is 5.56 Å². The predicted octanol–water partition coefficient (Wildman–Crippen LogP) is 2.74. The molecule has 3 rings (SSSR count). The zero-order valence-corrected chi connectivity index (χ0v) is 14.1. The van der Waals surface area contributed by atoms with E-state index in [0.29, 0.717) is 42.9 Å². The Bertz CT molecular complexity index is 708. The molecule has 1 atom stereocenters. The van der Waals surface area contributed by atoms with Crippen molar-refractivity contribution in [3.05, 3.63) is 52.9 Å². The van der Waals surface area contributed by atoms with Crippen molar-refractivity contribution >= 4 is 17.5 Å². The Hall–Kier alpha value is -2.18. The second-order valence-electron chi connectivity index (χ2n) is 5.31. The predicted molar refractivity (Wildman–Crippen MR) is 89.2 cm³/mol. The molecule has 1 saturated heterocycles. The Labute approximate surface area is 145 Å². The zero-order chi connectivity index (χ0) is 16.9. The average Bonchev–Trinajstić information content (AvgIpc) is 2.62. The van der Waals surface area contributed by atoms with Crippen LogP contribution in [0.4, 0.5) is 0 Å². The summed E-state index contributed by atoms with van der Waals surface area (Å²) in [5, 5.41) is 0.637. The third-order valence-electron chi connectivity index (χ3n) is 3.75. The molecule has 126 valence electrons. The van der Waals surface area contributed by atoms with Gasteiger partial charge in [0.05, 0.1) is 32.2 Å². The number of aromatic nitrogens is 2. The largest absolute Gasteiger partial charge is 0.477 e. The minimum atomic E-state index is -0.243.